The number of rotatable bonds is 10. The molecule has 0 fully saturated rings. The van der Waals surface area contributed by atoms with Crippen LogP contribution < -0.4 is 11.1 Å². The lowest BCUT2D eigenvalue weighted by Crippen LogP contribution is -2.59. The molecule has 4 atom stereocenters. The third kappa shape index (κ3) is 6.55. The summed E-state index contributed by atoms with van der Waals surface area (Å²) in [5.74, 6) is -4.00. The van der Waals surface area contributed by atoms with Crippen LogP contribution in [0.1, 0.15) is 47.5 Å². The van der Waals surface area contributed by atoms with Gasteiger partial charge in [-0.3, -0.25) is 24.1 Å². The van der Waals surface area contributed by atoms with Gasteiger partial charge < -0.3 is 21.0 Å². The Balaban J connectivity index is 5.72. The first kappa shape index (κ1) is 23.7. The van der Waals surface area contributed by atoms with Gasteiger partial charge in [-0.25, -0.2) is 0 Å². The number of amides is 3. The maximum atomic E-state index is 12.9. The van der Waals surface area contributed by atoms with Crippen molar-refractivity contribution in [3.8, 4) is 0 Å². The van der Waals surface area contributed by atoms with E-state index in [4.69, 9.17) is 10.8 Å². The Kier molecular flexibility index (Phi) is 9.71. The number of carbonyl (C=O) groups is 5. The fraction of sp³-hybridized carbons (Fsp3) is 0.706. The number of hydrogen-bond donors (Lipinski definition) is 3. The van der Waals surface area contributed by atoms with E-state index in [0.717, 1.165) is 6.92 Å². The third-order valence-corrected chi connectivity index (χ3v) is 4.25. The summed E-state index contributed by atoms with van der Waals surface area (Å²) in [6.45, 7) is 8.07. The monoisotopic (exact) mass is 371 g/mol. The number of nitrogens with two attached hydrogens (primary N) is 1. The molecule has 0 saturated carbocycles. The zero-order valence-electron chi connectivity index (χ0n) is 15.9. The van der Waals surface area contributed by atoms with Gasteiger partial charge >= 0.3 is 5.97 Å². The van der Waals surface area contributed by atoms with Gasteiger partial charge in [0, 0.05) is 6.92 Å². The second-order valence-electron chi connectivity index (χ2n) is 6.67. The third-order valence-electron chi connectivity index (χ3n) is 4.25. The van der Waals surface area contributed by atoms with Crippen molar-refractivity contribution in [2.24, 2.45) is 17.6 Å². The summed E-state index contributed by atoms with van der Waals surface area (Å²) in [5, 5.41) is 11.5. The van der Waals surface area contributed by atoms with Gasteiger partial charge in [-0.1, -0.05) is 34.1 Å². The van der Waals surface area contributed by atoms with Crippen LogP contribution in [0.5, 0.6) is 0 Å². The number of imide groups is 1. The van der Waals surface area contributed by atoms with Gasteiger partial charge in [0.05, 0.1) is 12.5 Å². The van der Waals surface area contributed by atoms with Gasteiger partial charge in [0.25, 0.3) is 5.91 Å². The molecule has 0 rings (SSSR count). The number of carboxylic acid groups (broad SMARTS) is 1. The minimum Gasteiger partial charge on any atom is -0.481 e. The second-order valence-corrected chi connectivity index (χ2v) is 6.67. The molecule has 0 aliphatic heterocycles. The molecule has 0 aromatic carbocycles. The quantitative estimate of drug-likeness (QED) is 0.455. The smallest absolute Gasteiger partial charge is 0.305 e. The average molecular weight is 371 g/mol. The standard InChI is InChI=1S/C17H29N3O6/c1-6-10(4)15(19-16(25)14(18)9(2)3)17(26)20(11(5)22)12(8-21)7-13(23)24/h8-10,12,14-15H,6-7,18H2,1-5H3,(H,19,25)(H,23,24)/t10-,12-,14-,15-/m0/s1. The molecule has 0 radical (unpaired) electrons. The van der Waals surface area contributed by atoms with Crippen LogP contribution in [0.2, 0.25) is 0 Å². The Morgan fingerprint density at radius 2 is 1.73 bits per heavy atom. The lowest BCUT2D eigenvalue weighted by atomic mass is 9.95. The molecule has 0 aliphatic carbocycles. The predicted molar refractivity (Wildman–Crippen MR) is 93.8 cm³/mol. The van der Waals surface area contributed by atoms with Crippen LogP contribution in [0, 0.1) is 11.8 Å². The highest BCUT2D eigenvalue weighted by Crippen LogP contribution is 2.15. The van der Waals surface area contributed by atoms with Crippen LogP contribution >= 0.6 is 0 Å². The van der Waals surface area contributed by atoms with E-state index in [1.165, 1.54) is 0 Å². The van der Waals surface area contributed by atoms with Gasteiger partial charge in [0.2, 0.25) is 11.8 Å². The molecule has 0 aromatic heterocycles. The molecule has 0 aliphatic rings. The first-order valence-corrected chi connectivity index (χ1v) is 8.54. The van der Waals surface area contributed by atoms with Gasteiger partial charge in [-0.05, 0) is 11.8 Å². The summed E-state index contributed by atoms with van der Waals surface area (Å²) in [4.78, 5) is 59.9. The Hall–Kier alpha value is -2.29. The normalized spacial score (nSPS) is 15.5. The molecule has 26 heavy (non-hydrogen) atoms. The number of carbonyl (C=O) groups excluding carboxylic acids is 4. The molecule has 0 aromatic rings. The summed E-state index contributed by atoms with van der Waals surface area (Å²) in [7, 11) is 0. The van der Waals surface area contributed by atoms with E-state index >= 15 is 0 Å². The van der Waals surface area contributed by atoms with Crippen molar-refractivity contribution in [2.45, 2.75) is 65.6 Å². The van der Waals surface area contributed by atoms with E-state index in [9.17, 15) is 24.0 Å². The van der Waals surface area contributed by atoms with E-state index in [1.807, 2.05) is 0 Å². The number of aliphatic carboxylic acids is 1. The fourth-order valence-corrected chi connectivity index (χ4v) is 2.32. The zero-order chi connectivity index (χ0) is 20.6. The van der Waals surface area contributed by atoms with Gasteiger partial charge in [0.15, 0.2) is 0 Å². The Morgan fingerprint density at radius 3 is 2.08 bits per heavy atom. The summed E-state index contributed by atoms with van der Waals surface area (Å²) in [5.41, 5.74) is 5.80. The van der Waals surface area contributed by atoms with Crippen LogP contribution in [0.25, 0.3) is 0 Å². The van der Waals surface area contributed by atoms with E-state index < -0.39 is 48.2 Å². The second kappa shape index (κ2) is 10.6. The number of nitrogens with one attached hydrogen (secondary N) is 1. The van der Waals surface area contributed by atoms with E-state index in [0.29, 0.717) is 11.3 Å². The van der Waals surface area contributed by atoms with Gasteiger partial charge in [-0.15, -0.1) is 0 Å². The van der Waals surface area contributed by atoms with Crippen LogP contribution in [0.15, 0.2) is 0 Å². The molecule has 9 heteroatoms. The number of carboxylic acids is 1. The van der Waals surface area contributed by atoms with Crippen LogP contribution in [-0.2, 0) is 24.0 Å². The maximum Gasteiger partial charge on any atom is 0.305 e. The summed E-state index contributed by atoms with van der Waals surface area (Å²) in [6, 6.07) is -3.39. The van der Waals surface area contributed by atoms with Crippen molar-refractivity contribution in [1.82, 2.24) is 10.2 Å². The molecule has 4 N–H and O–H groups in total. The fourth-order valence-electron chi connectivity index (χ4n) is 2.32. The molecule has 0 unspecified atom stereocenters. The van der Waals surface area contributed by atoms with Crippen LogP contribution in [0.3, 0.4) is 0 Å². The van der Waals surface area contributed by atoms with E-state index in [1.54, 1.807) is 27.7 Å². The largest absolute Gasteiger partial charge is 0.481 e. The highest BCUT2D eigenvalue weighted by atomic mass is 16.4. The Labute approximate surface area is 153 Å². The van der Waals surface area contributed by atoms with Crippen molar-refractivity contribution in [1.29, 1.82) is 0 Å². The minimum absolute atomic E-state index is 0.165. The van der Waals surface area contributed by atoms with E-state index in [2.05, 4.69) is 5.32 Å². The minimum atomic E-state index is -1.44. The SMILES string of the molecule is CC[C@H](C)[C@H](NC(=O)[C@@H](N)C(C)C)C(=O)N(C(C)=O)[C@H](C=O)CC(=O)O. The number of hydrogen-bond acceptors (Lipinski definition) is 6. The summed E-state index contributed by atoms with van der Waals surface area (Å²) < 4.78 is 0. The zero-order valence-corrected chi connectivity index (χ0v) is 15.9. The van der Waals surface area contributed by atoms with Crippen LogP contribution in [-0.4, -0.2) is 58.1 Å². The highest BCUT2D eigenvalue weighted by molar-refractivity contribution is 6.01. The highest BCUT2D eigenvalue weighted by Gasteiger charge is 2.37. The van der Waals surface area contributed by atoms with Crippen LogP contribution in [0.4, 0.5) is 0 Å². The molecule has 9 nitrogen and oxygen atoms in total. The summed E-state index contributed by atoms with van der Waals surface area (Å²) >= 11 is 0. The summed E-state index contributed by atoms with van der Waals surface area (Å²) in [6.07, 6.45) is 0.0360. The van der Waals surface area contributed by atoms with E-state index in [-0.39, 0.29) is 18.1 Å². The molecular weight excluding hydrogens is 342 g/mol. The van der Waals surface area contributed by atoms with Crippen molar-refractivity contribution >= 4 is 30.0 Å². The number of nitrogens with zero attached hydrogens (tertiary/aromatic N) is 1. The van der Waals surface area contributed by atoms with Gasteiger partial charge in [-0.2, -0.15) is 0 Å². The molecular formula is C17H29N3O6. The Morgan fingerprint density at radius 1 is 1.19 bits per heavy atom. The van der Waals surface area contributed by atoms with Crippen molar-refractivity contribution < 1.29 is 29.1 Å². The maximum absolute atomic E-state index is 12.9. The van der Waals surface area contributed by atoms with Crippen molar-refractivity contribution in [3.63, 3.8) is 0 Å². The average Bonchev–Trinajstić information content (AvgIpc) is 2.56. The first-order chi connectivity index (χ1) is 12.0. The molecule has 0 heterocycles. The van der Waals surface area contributed by atoms with Crippen molar-refractivity contribution in [2.75, 3.05) is 0 Å². The predicted octanol–water partition coefficient (Wildman–Crippen LogP) is -0.0821. The lowest BCUT2D eigenvalue weighted by Gasteiger charge is -2.32. The molecule has 0 saturated heterocycles. The van der Waals surface area contributed by atoms with Gasteiger partial charge in [0.1, 0.15) is 18.4 Å². The number of aldehydes is 1. The molecule has 148 valence electrons. The topological polar surface area (TPSA) is 147 Å². The molecule has 0 spiro atoms. The lowest BCUT2D eigenvalue weighted by molar-refractivity contribution is -0.153. The van der Waals surface area contributed by atoms with Crippen molar-refractivity contribution in [3.05, 3.63) is 0 Å². The molecule has 3 amide bonds. The Bertz CT molecular complexity index is 549. The molecule has 0 bridgehead atoms. The first-order valence-electron chi connectivity index (χ1n) is 8.54.